The van der Waals surface area contributed by atoms with Gasteiger partial charge in [0.15, 0.2) is 0 Å². The highest BCUT2D eigenvalue weighted by Gasteiger charge is 2.10. The van der Waals surface area contributed by atoms with Gasteiger partial charge >= 0.3 is 0 Å². The van der Waals surface area contributed by atoms with Crippen LogP contribution in [-0.2, 0) is 0 Å². The van der Waals surface area contributed by atoms with Gasteiger partial charge in [-0.05, 0) is 24.1 Å². The Morgan fingerprint density at radius 2 is 2.14 bits per heavy atom. The largest absolute Gasteiger partial charge is 0.238 e. The van der Waals surface area contributed by atoms with E-state index in [0.29, 0.717) is 11.4 Å². The zero-order chi connectivity index (χ0) is 10.6. The van der Waals surface area contributed by atoms with Crippen molar-refractivity contribution in [1.29, 1.82) is 0 Å². The van der Waals surface area contributed by atoms with Gasteiger partial charge in [-0.2, -0.15) is 0 Å². The first-order valence-corrected chi connectivity index (χ1v) is 4.84. The van der Waals surface area contributed by atoms with Crippen molar-refractivity contribution in [3.05, 3.63) is 40.8 Å². The van der Waals surface area contributed by atoms with Crippen molar-refractivity contribution in [1.82, 2.24) is 0 Å². The fourth-order valence-corrected chi connectivity index (χ4v) is 1.41. The summed E-state index contributed by atoms with van der Waals surface area (Å²) in [6.45, 7) is 1.86. The average molecular weight is 218 g/mol. The minimum absolute atomic E-state index is 0.0850. The molecule has 0 aromatic heterocycles. The van der Waals surface area contributed by atoms with Gasteiger partial charge in [-0.25, -0.2) is 8.78 Å². The molecule has 0 aliphatic heterocycles. The van der Waals surface area contributed by atoms with E-state index in [2.05, 4.69) is 0 Å². The molecule has 0 unspecified atom stereocenters. The smallest absolute Gasteiger partial charge is 0.211 e. The summed E-state index contributed by atoms with van der Waals surface area (Å²) in [5.74, 6) is 0.952. The van der Waals surface area contributed by atoms with Gasteiger partial charge in [0, 0.05) is 17.4 Å². The summed E-state index contributed by atoms with van der Waals surface area (Å²) >= 11 is 5.79. The van der Waals surface area contributed by atoms with E-state index in [1.165, 1.54) is 0 Å². The summed E-state index contributed by atoms with van der Waals surface area (Å²) < 4.78 is 23.9. The standard InChI is InChI=1S/C11H12ClF2/c1-8(5-6-11(13)14)9-3-2-4-10(12)7-9/h2-4,7,11H,5-6H2,1H3. The molecule has 3 heteroatoms. The molecule has 0 nitrogen and oxygen atoms in total. The molecule has 0 N–H and O–H groups in total. The van der Waals surface area contributed by atoms with Gasteiger partial charge in [-0.3, -0.25) is 0 Å². The Kier molecular flexibility index (Phi) is 4.33. The second-order valence-corrected chi connectivity index (χ2v) is 3.66. The highest BCUT2D eigenvalue weighted by Crippen LogP contribution is 2.23. The number of hydrogen-bond donors (Lipinski definition) is 0. The SMILES string of the molecule is C[C](CCC(F)F)c1cccc(Cl)c1. The van der Waals surface area contributed by atoms with E-state index in [0.717, 1.165) is 11.5 Å². The van der Waals surface area contributed by atoms with E-state index < -0.39 is 6.43 Å². The second-order valence-electron chi connectivity index (χ2n) is 3.22. The van der Waals surface area contributed by atoms with Crippen molar-refractivity contribution in [3.63, 3.8) is 0 Å². The number of rotatable bonds is 4. The predicted molar refractivity (Wildman–Crippen MR) is 54.7 cm³/mol. The van der Waals surface area contributed by atoms with Crippen LogP contribution in [0.1, 0.15) is 25.3 Å². The summed E-state index contributed by atoms with van der Waals surface area (Å²) in [4.78, 5) is 0. The third kappa shape index (κ3) is 3.62. The maximum atomic E-state index is 12.0. The quantitative estimate of drug-likeness (QED) is 0.704. The van der Waals surface area contributed by atoms with Gasteiger partial charge in [0.1, 0.15) is 0 Å². The van der Waals surface area contributed by atoms with Crippen LogP contribution in [0.15, 0.2) is 24.3 Å². The molecular formula is C11H12ClF2. The lowest BCUT2D eigenvalue weighted by molar-refractivity contribution is 0.136. The van der Waals surface area contributed by atoms with Crippen molar-refractivity contribution < 1.29 is 8.78 Å². The van der Waals surface area contributed by atoms with Gasteiger partial charge in [-0.15, -0.1) is 0 Å². The van der Waals surface area contributed by atoms with Crippen molar-refractivity contribution in [2.24, 2.45) is 0 Å². The summed E-state index contributed by atoms with van der Waals surface area (Å²) in [6, 6.07) is 7.27. The molecule has 0 bridgehead atoms. The molecule has 1 aromatic rings. The molecule has 0 amide bonds. The Morgan fingerprint density at radius 1 is 1.43 bits per heavy atom. The van der Waals surface area contributed by atoms with Crippen LogP contribution in [0.3, 0.4) is 0 Å². The Labute approximate surface area is 87.9 Å². The maximum absolute atomic E-state index is 12.0. The summed E-state index contributed by atoms with van der Waals surface area (Å²) in [5, 5.41) is 0.638. The lowest BCUT2D eigenvalue weighted by atomic mass is 9.96. The topological polar surface area (TPSA) is 0 Å². The number of halogens is 3. The van der Waals surface area contributed by atoms with Crippen molar-refractivity contribution in [2.45, 2.75) is 26.2 Å². The van der Waals surface area contributed by atoms with E-state index in [4.69, 9.17) is 11.6 Å². The van der Waals surface area contributed by atoms with Gasteiger partial charge in [0.2, 0.25) is 6.43 Å². The molecule has 1 aromatic carbocycles. The predicted octanol–water partition coefficient (Wildman–Crippen LogP) is 4.33. The maximum Gasteiger partial charge on any atom is 0.238 e. The highest BCUT2D eigenvalue weighted by molar-refractivity contribution is 6.30. The highest BCUT2D eigenvalue weighted by atomic mass is 35.5. The molecule has 0 saturated carbocycles. The fraction of sp³-hybridized carbons (Fsp3) is 0.364. The van der Waals surface area contributed by atoms with Crippen LogP contribution in [0.5, 0.6) is 0 Å². The monoisotopic (exact) mass is 217 g/mol. The molecule has 1 rings (SSSR count). The minimum atomic E-state index is -2.23. The Bertz CT molecular complexity index is 286. The van der Waals surface area contributed by atoms with Crippen LogP contribution in [0, 0.1) is 5.92 Å². The van der Waals surface area contributed by atoms with Crippen LogP contribution in [0.2, 0.25) is 5.02 Å². The lowest BCUT2D eigenvalue weighted by Crippen LogP contribution is -1.98. The Hall–Kier alpha value is -0.630. The van der Waals surface area contributed by atoms with E-state index in [-0.39, 0.29) is 6.42 Å². The molecule has 0 heterocycles. The molecule has 0 saturated heterocycles. The third-order valence-electron chi connectivity index (χ3n) is 2.05. The van der Waals surface area contributed by atoms with Crippen molar-refractivity contribution in [3.8, 4) is 0 Å². The second kappa shape index (κ2) is 5.30. The first-order valence-electron chi connectivity index (χ1n) is 4.46. The van der Waals surface area contributed by atoms with Crippen molar-refractivity contribution in [2.75, 3.05) is 0 Å². The molecular weight excluding hydrogens is 206 g/mol. The van der Waals surface area contributed by atoms with Gasteiger partial charge in [0.05, 0.1) is 0 Å². The number of hydrogen-bond acceptors (Lipinski definition) is 0. The molecule has 0 fully saturated rings. The summed E-state index contributed by atoms with van der Waals surface area (Å²) in [6.07, 6.45) is -1.90. The van der Waals surface area contributed by atoms with Gasteiger partial charge in [0.25, 0.3) is 0 Å². The Balaban J connectivity index is 2.56. The first kappa shape index (κ1) is 11.4. The van der Waals surface area contributed by atoms with E-state index in [1.807, 2.05) is 19.1 Å². The minimum Gasteiger partial charge on any atom is -0.211 e. The zero-order valence-electron chi connectivity index (χ0n) is 7.93. The average Bonchev–Trinajstić information content (AvgIpc) is 2.14. The Morgan fingerprint density at radius 3 is 2.71 bits per heavy atom. The zero-order valence-corrected chi connectivity index (χ0v) is 8.69. The third-order valence-corrected chi connectivity index (χ3v) is 2.29. The van der Waals surface area contributed by atoms with Crippen LogP contribution in [0.4, 0.5) is 8.78 Å². The summed E-state index contributed by atoms with van der Waals surface area (Å²) in [7, 11) is 0. The fourth-order valence-electron chi connectivity index (χ4n) is 1.22. The van der Waals surface area contributed by atoms with Crippen LogP contribution in [0.25, 0.3) is 0 Å². The van der Waals surface area contributed by atoms with E-state index in [1.54, 1.807) is 12.1 Å². The number of alkyl halides is 2. The molecule has 0 spiro atoms. The van der Waals surface area contributed by atoms with Crippen LogP contribution in [-0.4, -0.2) is 6.43 Å². The molecule has 0 atom stereocenters. The molecule has 77 valence electrons. The summed E-state index contributed by atoms with van der Waals surface area (Å²) in [5.41, 5.74) is 0.943. The number of benzene rings is 1. The normalized spacial score (nSPS) is 11.3. The molecule has 0 aliphatic rings. The van der Waals surface area contributed by atoms with Gasteiger partial charge in [-0.1, -0.05) is 30.7 Å². The van der Waals surface area contributed by atoms with E-state index >= 15 is 0 Å². The lowest BCUT2D eigenvalue weighted by Gasteiger charge is -2.10. The van der Waals surface area contributed by atoms with Gasteiger partial charge < -0.3 is 0 Å². The first-order chi connectivity index (χ1) is 6.59. The van der Waals surface area contributed by atoms with Crippen molar-refractivity contribution >= 4 is 11.6 Å². The van der Waals surface area contributed by atoms with Crippen LogP contribution < -0.4 is 0 Å². The molecule has 14 heavy (non-hydrogen) atoms. The molecule has 0 aliphatic carbocycles. The van der Waals surface area contributed by atoms with E-state index in [9.17, 15) is 8.78 Å². The van der Waals surface area contributed by atoms with Crippen LogP contribution >= 0.6 is 11.6 Å². The molecule has 1 radical (unpaired) electrons.